The standard InChI is InChI=1S/C24H22ClN3O3S/c1-18-2-12-23(13-3-18)32(30,31)28(16-20-4-8-21(25)9-5-20)17-24(29)27-22-10-6-19(7-11-22)14-15-26/h2-13H,14,16-17H2,1H3,(H,27,29). The van der Waals surface area contributed by atoms with Crippen molar-refractivity contribution >= 4 is 33.2 Å². The molecule has 0 bridgehead atoms. The number of carbonyl (C=O) groups is 1. The number of hydrogen-bond donors (Lipinski definition) is 1. The van der Waals surface area contributed by atoms with E-state index in [0.29, 0.717) is 16.3 Å². The predicted molar refractivity (Wildman–Crippen MR) is 125 cm³/mol. The number of sulfonamides is 1. The lowest BCUT2D eigenvalue weighted by atomic mass is 10.1. The summed E-state index contributed by atoms with van der Waals surface area (Å²) in [4.78, 5) is 12.8. The first-order chi connectivity index (χ1) is 15.3. The average molecular weight is 468 g/mol. The van der Waals surface area contributed by atoms with Gasteiger partial charge in [0.25, 0.3) is 0 Å². The number of anilines is 1. The summed E-state index contributed by atoms with van der Waals surface area (Å²) < 4.78 is 27.8. The second-order valence-electron chi connectivity index (χ2n) is 7.29. The number of hydrogen-bond acceptors (Lipinski definition) is 4. The third-order valence-corrected chi connectivity index (χ3v) is 6.83. The van der Waals surface area contributed by atoms with Crippen molar-refractivity contribution in [2.45, 2.75) is 24.8 Å². The van der Waals surface area contributed by atoms with Gasteiger partial charge in [-0.25, -0.2) is 8.42 Å². The average Bonchev–Trinajstić information content (AvgIpc) is 2.76. The number of nitrogens with zero attached hydrogens (tertiary/aromatic N) is 2. The first-order valence-corrected chi connectivity index (χ1v) is 11.7. The van der Waals surface area contributed by atoms with Crippen LogP contribution in [-0.4, -0.2) is 25.2 Å². The highest BCUT2D eigenvalue weighted by Crippen LogP contribution is 2.20. The number of halogens is 1. The Morgan fingerprint density at radius 3 is 2.16 bits per heavy atom. The van der Waals surface area contributed by atoms with Gasteiger partial charge >= 0.3 is 0 Å². The fourth-order valence-corrected chi connectivity index (χ4v) is 4.55. The minimum atomic E-state index is -3.92. The maximum atomic E-state index is 13.3. The van der Waals surface area contributed by atoms with Crippen molar-refractivity contribution in [3.63, 3.8) is 0 Å². The van der Waals surface area contributed by atoms with E-state index in [2.05, 4.69) is 11.4 Å². The van der Waals surface area contributed by atoms with Gasteiger partial charge in [-0.1, -0.05) is 53.6 Å². The molecule has 0 aliphatic rings. The molecule has 0 aliphatic carbocycles. The largest absolute Gasteiger partial charge is 0.325 e. The third-order valence-electron chi connectivity index (χ3n) is 4.77. The van der Waals surface area contributed by atoms with E-state index in [4.69, 9.17) is 16.9 Å². The molecule has 1 N–H and O–H groups in total. The molecule has 6 nitrogen and oxygen atoms in total. The van der Waals surface area contributed by atoms with Crippen LogP contribution in [0.5, 0.6) is 0 Å². The SMILES string of the molecule is Cc1ccc(S(=O)(=O)N(CC(=O)Nc2ccc(CC#N)cc2)Cc2ccc(Cl)cc2)cc1. The van der Waals surface area contributed by atoms with Crippen molar-refractivity contribution < 1.29 is 13.2 Å². The topological polar surface area (TPSA) is 90.3 Å². The number of nitriles is 1. The van der Waals surface area contributed by atoms with Crippen molar-refractivity contribution in [1.82, 2.24) is 4.31 Å². The van der Waals surface area contributed by atoms with E-state index in [0.717, 1.165) is 15.4 Å². The highest BCUT2D eigenvalue weighted by Gasteiger charge is 2.27. The van der Waals surface area contributed by atoms with Gasteiger partial charge in [0, 0.05) is 17.3 Å². The minimum Gasteiger partial charge on any atom is -0.325 e. The van der Waals surface area contributed by atoms with Crippen molar-refractivity contribution in [3.05, 3.63) is 94.5 Å². The Balaban J connectivity index is 1.82. The Kier molecular flexibility index (Phi) is 7.65. The summed E-state index contributed by atoms with van der Waals surface area (Å²) in [6, 6.07) is 22.2. The quantitative estimate of drug-likeness (QED) is 0.526. The Morgan fingerprint density at radius 2 is 1.56 bits per heavy atom. The number of amides is 1. The molecule has 0 aliphatic heterocycles. The summed E-state index contributed by atoms with van der Waals surface area (Å²) in [5.74, 6) is -0.470. The fourth-order valence-electron chi connectivity index (χ4n) is 3.04. The third kappa shape index (κ3) is 6.17. The maximum Gasteiger partial charge on any atom is 0.243 e. The van der Waals surface area contributed by atoms with Gasteiger partial charge in [0.2, 0.25) is 15.9 Å². The Bertz CT molecular complexity index is 1220. The molecular formula is C24H22ClN3O3S. The summed E-state index contributed by atoms with van der Waals surface area (Å²) in [5.41, 5.74) is 3.00. The first kappa shape index (κ1) is 23.5. The Morgan fingerprint density at radius 1 is 0.969 bits per heavy atom. The fraction of sp³-hybridized carbons (Fsp3) is 0.167. The molecule has 0 saturated carbocycles. The van der Waals surface area contributed by atoms with Crippen LogP contribution in [0.1, 0.15) is 16.7 Å². The maximum absolute atomic E-state index is 13.3. The molecule has 0 atom stereocenters. The molecule has 1 amide bonds. The molecular weight excluding hydrogens is 446 g/mol. The lowest BCUT2D eigenvalue weighted by Crippen LogP contribution is -2.37. The monoisotopic (exact) mass is 467 g/mol. The van der Waals surface area contributed by atoms with Crippen LogP contribution in [0, 0.1) is 18.3 Å². The molecule has 0 radical (unpaired) electrons. The van der Waals surface area contributed by atoms with Gasteiger partial charge in [0.1, 0.15) is 0 Å². The molecule has 0 unspecified atom stereocenters. The lowest BCUT2D eigenvalue weighted by Gasteiger charge is -2.22. The lowest BCUT2D eigenvalue weighted by molar-refractivity contribution is -0.116. The van der Waals surface area contributed by atoms with E-state index in [1.54, 1.807) is 60.7 Å². The van der Waals surface area contributed by atoms with Crippen LogP contribution in [0.25, 0.3) is 0 Å². The minimum absolute atomic E-state index is 0.0158. The molecule has 3 rings (SSSR count). The van der Waals surface area contributed by atoms with Crippen molar-refractivity contribution in [3.8, 4) is 6.07 Å². The molecule has 3 aromatic rings. The van der Waals surface area contributed by atoms with Crippen LogP contribution in [0.2, 0.25) is 5.02 Å². The summed E-state index contributed by atoms with van der Waals surface area (Å²) in [5, 5.41) is 12.0. The van der Waals surface area contributed by atoms with Crippen LogP contribution in [0.3, 0.4) is 0 Å². The second kappa shape index (κ2) is 10.4. The van der Waals surface area contributed by atoms with E-state index in [-0.39, 0.29) is 24.4 Å². The summed E-state index contributed by atoms with van der Waals surface area (Å²) in [6.07, 6.45) is 0.276. The van der Waals surface area contributed by atoms with Crippen LogP contribution >= 0.6 is 11.6 Å². The van der Waals surface area contributed by atoms with Gasteiger partial charge < -0.3 is 5.32 Å². The van der Waals surface area contributed by atoms with E-state index in [9.17, 15) is 13.2 Å². The van der Waals surface area contributed by atoms with Gasteiger partial charge in [-0.2, -0.15) is 9.57 Å². The normalized spacial score (nSPS) is 11.2. The van der Waals surface area contributed by atoms with Gasteiger partial charge in [-0.3, -0.25) is 4.79 Å². The number of benzene rings is 3. The van der Waals surface area contributed by atoms with Crippen LogP contribution in [0.4, 0.5) is 5.69 Å². The van der Waals surface area contributed by atoms with Crippen molar-refractivity contribution in [2.75, 3.05) is 11.9 Å². The van der Waals surface area contributed by atoms with E-state index >= 15 is 0 Å². The van der Waals surface area contributed by atoms with Crippen LogP contribution in [-0.2, 0) is 27.8 Å². The zero-order chi connectivity index (χ0) is 23.1. The molecule has 164 valence electrons. The van der Waals surface area contributed by atoms with Crippen molar-refractivity contribution in [1.29, 1.82) is 5.26 Å². The molecule has 32 heavy (non-hydrogen) atoms. The second-order valence-corrected chi connectivity index (χ2v) is 9.67. The van der Waals surface area contributed by atoms with Gasteiger partial charge in [-0.05, 0) is 54.4 Å². The van der Waals surface area contributed by atoms with E-state index in [1.165, 1.54) is 12.1 Å². The van der Waals surface area contributed by atoms with E-state index < -0.39 is 15.9 Å². The highest BCUT2D eigenvalue weighted by molar-refractivity contribution is 7.89. The molecule has 0 heterocycles. The number of carbonyl (C=O) groups excluding carboxylic acids is 1. The van der Waals surface area contributed by atoms with Crippen LogP contribution < -0.4 is 5.32 Å². The summed E-state index contributed by atoms with van der Waals surface area (Å²) in [6.45, 7) is 1.53. The molecule has 0 saturated heterocycles. The Labute approximate surface area is 193 Å². The summed E-state index contributed by atoms with van der Waals surface area (Å²) in [7, 11) is -3.92. The molecule has 3 aromatic carbocycles. The zero-order valence-corrected chi connectivity index (χ0v) is 19.0. The smallest absolute Gasteiger partial charge is 0.243 e. The Hall–Kier alpha value is -3.18. The van der Waals surface area contributed by atoms with Crippen molar-refractivity contribution in [2.24, 2.45) is 0 Å². The number of aryl methyl sites for hydroxylation is 1. The summed E-state index contributed by atoms with van der Waals surface area (Å²) >= 11 is 5.94. The molecule has 8 heteroatoms. The van der Waals surface area contributed by atoms with Gasteiger partial charge in [0.15, 0.2) is 0 Å². The van der Waals surface area contributed by atoms with Gasteiger partial charge in [-0.15, -0.1) is 0 Å². The number of nitrogens with one attached hydrogen (secondary N) is 1. The first-order valence-electron chi connectivity index (χ1n) is 9.85. The van der Waals surface area contributed by atoms with Gasteiger partial charge in [0.05, 0.1) is 23.9 Å². The van der Waals surface area contributed by atoms with E-state index in [1.807, 2.05) is 6.92 Å². The predicted octanol–water partition coefficient (Wildman–Crippen LogP) is 4.54. The van der Waals surface area contributed by atoms with Crippen LogP contribution in [0.15, 0.2) is 77.7 Å². The molecule has 0 spiro atoms. The highest BCUT2D eigenvalue weighted by atomic mass is 35.5. The molecule has 0 aromatic heterocycles. The molecule has 0 fully saturated rings. The number of rotatable bonds is 8. The zero-order valence-electron chi connectivity index (χ0n) is 17.5.